The first-order chi connectivity index (χ1) is 12.5. The molecule has 2 aliphatic rings. The van der Waals surface area contributed by atoms with Gasteiger partial charge in [0.15, 0.2) is 0 Å². The number of aromatic amines is 1. The molecule has 0 saturated carbocycles. The molecule has 0 bridgehead atoms. The average molecular weight is 362 g/mol. The molecule has 4 heterocycles. The predicted molar refractivity (Wildman–Crippen MR) is 93.8 cm³/mol. The summed E-state index contributed by atoms with van der Waals surface area (Å²) in [6.45, 7) is 0.689. The number of likely N-dealkylation sites (tertiary alicyclic amines) is 1. The van der Waals surface area contributed by atoms with E-state index in [-0.39, 0.29) is 25.9 Å². The number of aliphatic imine (C=N–C) groups is 1. The Bertz CT molecular complexity index is 866. The molecule has 26 heavy (non-hydrogen) atoms. The molecule has 2 aliphatic heterocycles. The molecule has 2 aromatic heterocycles. The van der Waals surface area contributed by atoms with E-state index >= 15 is 0 Å². The molecule has 0 aromatic carbocycles. The number of halogens is 2. The van der Waals surface area contributed by atoms with Crippen molar-refractivity contribution in [1.29, 1.82) is 0 Å². The summed E-state index contributed by atoms with van der Waals surface area (Å²) in [6.07, 6.45) is 4.79. The molecule has 0 radical (unpaired) electrons. The van der Waals surface area contributed by atoms with Crippen LogP contribution in [0.2, 0.25) is 0 Å². The number of H-pyrrole nitrogens is 1. The maximum absolute atomic E-state index is 15.0. The molecule has 1 spiro atoms. The quantitative estimate of drug-likeness (QED) is 0.828. The number of hydrogen-bond acceptors (Lipinski definition) is 5. The van der Waals surface area contributed by atoms with E-state index in [2.05, 4.69) is 19.9 Å². The van der Waals surface area contributed by atoms with Crippen molar-refractivity contribution in [3.63, 3.8) is 0 Å². The lowest BCUT2D eigenvalue weighted by atomic mass is 9.83. The number of piperidine rings is 1. The monoisotopic (exact) mass is 362 g/mol. The van der Waals surface area contributed by atoms with Gasteiger partial charge in [0.2, 0.25) is 0 Å². The second kappa shape index (κ2) is 6.00. The molecule has 2 aromatic rings. The van der Waals surface area contributed by atoms with Crippen LogP contribution in [0.3, 0.4) is 0 Å². The maximum atomic E-state index is 15.0. The van der Waals surface area contributed by atoms with E-state index < -0.39 is 17.4 Å². The van der Waals surface area contributed by atoms with Gasteiger partial charge < -0.3 is 14.8 Å². The van der Waals surface area contributed by atoms with E-state index in [1.54, 1.807) is 6.20 Å². The smallest absolute Gasteiger partial charge is 0.274 e. The van der Waals surface area contributed by atoms with Crippen LogP contribution in [0, 0.1) is 0 Å². The number of fused-ring (bicyclic) bond motifs is 1. The highest BCUT2D eigenvalue weighted by Gasteiger charge is 2.64. The number of aromatic nitrogens is 3. The van der Waals surface area contributed by atoms with Crippen molar-refractivity contribution < 1.29 is 13.6 Å². The summed E-state index contributed by atoms with van der Waals surface area (Å²) in [4.78, 5) is 30.8. The van der Waals surface area contributed by atoms with Crippen LogP contribution in [0.25, 0.3) is 11.0 Å². The molecule has 2 fully saturated rings. The maximum Gasteiger partial charge on any atom is 0.274 e. The third kappa shape index (κ3) is 2.37. The van der Waals surface area contributed by atoms with Crippen molar-refractivity contribution in [3.05, 3.63) is 18.6 Å². The Morgan fingerprint density at radius 3 is 3.00 bits per heavy atom. The summed E-state index contributed by atoms with van der Waals surface area (Å²) >= 11 is 0. The normalized spacial score (nSPS) is 25.7. The fourth-order valence-corrected chi connectivity index (χ4v) is 4.24. The van der Waals surface area contributed by atoms with Gasteiger partial charge in [-0.25, -0.2) is 18.7 Å². The Hall–Kier alpha value is -2.58. The van der Waals surface area contributed by atoms with E-state index in [0.29, 0.717) is 24.4 Å². The average Bonchev–Trinajstić information content (AvgIpc) is 3.19. The molecule has 4 rings (SSSR count). The molecule has 7 nitrogen and oxygen atoms in total. The van der Waals surface area contributed by atoms with Crippen molar-refractivity contribution in [1.82, 2.24) is 19.9 Å². The van der Waals surface area contributed by atoms with Gasteiger partial charge in [-0.15, -0.1) is 0 Å². The first-order valence-corrected chi connectivity index (χ1v) is 8.63. The van der Waals surface area contributed by atoms with Gasteiger partial charge in [-0.05, 0) is 18.9 Å². The lowest BCUT2D eigenvalue weighted by Gasteiger charge is -2.48. The summed E-state index contributed by atoms with van der Waals surface area (Å²) in [7, 11) is 1.47. The third-order valence-electron chi connectivity index (χ3n) is 5.46. The van der Waals surface area contributed by atoms with Crippen LogP contribution in [-0.2, 0) is 4.79 Å². The summed E-state index contributed by atoms with van der Waals surface area (Å²) in [5.41, 5.74) is -0.865. The summed E-state index contributed by atoms with van der Waals surface area (Å²) in [6, 6.07) is 1.84. The Morgan fingerprint density at radius 1 is 1.35 bits per heavy atom. The minimum atomic E-state index is -2.95. The number of amides is 1. The summed E-state index contributed by atoms with van der Waals surface area (Å²) < 4.78 is 29.9. The minimum absolute atomic E-state index is 0.0367. The van der Waals surface area contributed by atoms with E-state index in [1.807, 2.05) is 11.0 Å². The number of hydrogen-bond donors (Lipinski definition) is 1. The van der Waals surface area contributed by atoms with Crippen LogP contribution in [-0.4, -0.2) is 70.1 Å². The first-order valence-electron chi connectivity index (χ1n) is 8.63. The van der Waals surface area contributed by atoms with Crippen LogP contribution in [0.15, 0.2) is 23.6 Å². The van der Waals surface area contributed by atoms with E-state index in [1.165, 1.54) is 18.3 Å². The van der Waals surface area contributed by atoms with Crippen molar-refractivity contribution in [2.45, 2.75) is 30.7 Å². The lowest BCUT2D eigenvalue weighted by Crippen LogP contribution is -2.64. The summed E-state index contributed by atoms with van der Waals surface area (Å²) in [5, 5.41) is 0.791. The SMILES string of the molecule is CN=CC(=O)N1CCC(F)(F)C12CCCN(c1ncnc3[nH]ccc13)C2. The lowest BCUT2D eigenvalue weighted by molar-refractivity contribution is -0.141. The second-order valence-electron chi connectivity index (χ2n) is 6.83. The first kappa shape index (κ1) is 16.9. The molecule has 1 amide bonds. The van der Waals surface area contributed by atoms with Gasteiger partial charge in [-0.3, -0.25) is 9.79 Å². The van der Waals surface area contributed by atoms with Gasteiger partial charge in [0.25, 0.3) is 11.8 Å². The number of anilines is 1. The number of alkyl halides is 2. The van der Waals surface area contributed by atoms with Crippen LogP contribution in [0.4, 0.5) is 14.6 Å². The summed E-state index contributed by atoms with van der Waals surface area (Å²) in [5.74, 6) is -2.79. The van der Waals surface area contributed by atoms with Crippen molar-refractivity contribution in [3.8, 4) is 0 Å². The molecule has 1 atom stereocenters. The Balaban J connectivity index is 1.74. The highest BCUT2D eigenvalue weighted by Crippen LogP contribution is 2.48. The minimum Gasteiger partial charge on any atom is -0.353 e. The third-order valence-corrected chi connectivity index (χ3v) is 5.46. The fourth-order valence-electron chi connectivity index (χ4n) is 4.24. The Kier molecular flexibility index (Phi) is 3.89. The number of nitrogens with one attached hydrogen (secondary N) is 1. The zero-order chi connectivity index (χ0) is 18.4. The van der Waals surface area contributed by atoms with Crippen molar-refractivity contribution >= 4 is 29.0 Å². The molecule has 1 unspecified atom stereocenters. The van der Waals surface area contributed by atoms with Gasteiger partial charge in [0.1, 0.15) is 23.3 Å². The zero-order valence-corrected chi connectivity index (χ0v) is 14.5. The number of rotatable bonds is 2. The van der Waals surface area contributed by atoms with Gasteiger partial charge in [-0.1, -0.05) is 0 Å². The van der Waals surface area contributed by atoms with Crippen LogP contribution >= 0.6 is 0 Å². The molecule has 0 aliphatic carbocycles. The van der Waals surface area contributed by atoms with Crippen LogP contribution in [0.1, 0.15) is 19.3 Å². The van der Waals surface area contributed by atoms with Crippen LogP contribution in [0.5, 0.6) is 0 Å². The van der Waals surface area contributed by atoms with Gasteiger partial charge in [0.05, 0.1) is 11.6 Å². The standard InChI is InChI=1S/C17H20F2N6O/c1-20-9-13(26)25-8-5-17(18,19)16(25)4-2-7-24(10-16)15-12-3-6-21-14(12)22-11-23-15/h3,6,9,11H,2,4-5,7-8,10H2,1H3,(H,21,22,23). The highest BCUT2D eigenvalue weighted by atomic mass is 19.3. The van der Waals surface area contributed by atoms with E-state index in [0.717, 1.165) is 11.6 Å². The Morgan fingerprint density at radius 2 is 2.19 bits per heavy atom. The molecule has 138 valence electrons. The largest absolute Gasteiger partial charge is 0.353 e. The predicted octanol–water partition coefficient (Wildman–Crippen LogP) is 1.87. The van der Waals surface area contributed by atoms with Gasteiger partial charge in [-0.2, -0.15) is 0 Å². The van der Waals surface area contributed by atoms with Gasteiger partial charge >= 0.3 is 0 Å². The fraction of sp³-hybridized carbons (Fsp3) is 0.529. The molecular weight excluding hydrogens is 342 g/mol. The second-order valence-corrected chi connectivity index (χ2v) is 6.83. The number of carbonyl (C=O) groups excluding carboxylic acids is 1. The van der Waals surface area contributed by atoms with E-state index in [9.17, 15) is 13.6 Å². The molecule has 9 heteroatoms. The van der Waals surface area contributed by atoms with Crippen LogP contribution < -0.4 is 4.90 Å². The molecule has 1 N–H and O–H groups in total. The number of carbonyl (C=O) groups is 1. The highest BCUT2D eigenvalue weighted by molar-refractivity contribution is 6.26. The number of nitrogens with zero attached hydrogens (tertiary/aromatic N) is 5. The van der Waals surface area contributed by atoms with Gasteiger partial charge in [0, 0.05) is 39.3 Å². The zero-order valence-electron chi connectivity index (χ0n) is 14.5. The molecule has 2 saturated heterocycles. The topological polar surface area (TPSA) is 77.5 Å². The van der Waals surface area contributed by atoms with Crippen molar-refractivity contribution in [2.75, 3.05) is 31.6 Å². The van der Waals surface area contributed by atoms with Crippen molar-refractivity contribution in [2.24, 2.45) is 4.99 Å². The molecular formula is C17H20F2N6O. The Labute approximate surface area is 149 Å². The van der Waals surface area contributed by atoms with E-state index in [4.69, 9.17) is 0 Å².